The Balaban J connectivity index is 0.000000184. The Bertz CT molecular complexity index is 698. The Morgan fingerprint density at radius 1 is 1.00 bits per heavy atom. The third-order valence-electron chi connectivity index (χ3n) is 2.93. The van der Waals surface area contributed by atoms with Crippen molar-refractivity contribution in [2.75, 3.05) is 0 Å². The Morgan fingerprint density at radius 3 is 2.27 bits per heavy atom. The van der Waals surface area contributed by atoms with Gasteiger partial charge in [-0.05, 0) is 19.6 Å². The van der Waals surface area contributed by atoms with Gasteiger partial charge in [-0.15, -0.1) is 35.0 Å². The predicted molar refractivity (Wildman–Crippen MR) is 95.1 cm³/mol. The van der Waals surface area contributed by atoms with E-state index in [1.807, 2.05) is 42.6 Å². The molecule has 0 saturated carbocycles. The second-order valence-corrected chi connectivity index (χ2v) is 8.64. The number of nitrogens with zero attached hydrogens (tertiary/aromatic N) is 1. The molecule has 1 nitrogen and oxygen atoms in total. The van der Waals surface area contributed by atoms with Gasteiger partial charge < -0.3 is 0 Å². The van der Waals surface area contributed by atoms with Crippen LogP contribution in [0.1, 0.15) is 0 Å². The third-order valence-corrected chi connectivity index (χ3v) is 4.55. The summed E-state index contributed by atoms with van der Waals surface area (Å²) in [6.07, 6.45) is 1.89. The van der Waals surface area contributed by atoms with Gasteiger partial charge in [0.25, 0.3) is 0 Å². The van der Waals surface area contributed by atoms with Crippen LogP contribution in [0.4, 0.5) is 0 Å². The van der Waals surface area contributed by atoms with Gasteiger partial charge in [0.05, 0.1) is 0 Å². The van der Waals surface area contributed by atoms with Gasteiger partial charge in [-0.1, -0.05) is 11.4 Å². The fourth-order valence-electron chi connectivity index (χ4n) is 2.01. The van der Waals surface area contributed by atoms with E-state index in [1.54, 1.807) is 0 Å². The molecule has 0 aliphatic carbocycles. The second kappa shape index (κ2) is 10.1. The average Bonchev–Trinajstić information content (AvgIpc) is 3.29. The maximum Gasteiger partial charge on any atom is 0.0316 e. The van der Waals surface area contributed by atoms with E-state index in [4.69, 9.17) is 18.6 Å². The summed E-state index contributed by atoms with van der Waals surface area (Å²) in [6.45, 7) is 0. The summed E-state index contributed by atoms with van der Waals surface area (Å²) in [5, 5.41) is 3.99. The van der Waals surface area contributed by atoms with E-state index < -0.39 is 24.7 Å². The maximum absolute atomic E-state index is 4.89. The van der Waals surface area contributed by atoms with E-state index in [1.165, 1.54) is 16.1 Å². The largest absolute Gasteiger partial charge is 0.243 e. The summed E-state index contributed by atoms with van der Waals surface area (Å²) in [4.78, 5) is 0. The standard InChI is InChI=1S/C12H9NP.C5H5.2ClH.Ti/c1-2-5-11-9-12(8-10(11)4-1)14-7-3-6-13-14;1-2-4-5-3-1;;;/h1-9H;1-5H;2*1H;/q2*-1;;;+2/p-2. The first-order valence-corrected chi connectivity index (χ1v) is 12.3. The Hall–Kier alpha value is -0.816. The number of hydrogen-bond acceptors (Lipinski definition) is 1. The van der Waals surface area contributed by atoms with Crippen LogP contribution >= 0.6 is 26.3 Å². The normalized spacial score (nSPS) is 10.2. The van der Waals surface area contributed by atoms with Crippen molar-refractivity contribution in [3.8, 4) is 5.30 Å². The van der Waals surface area contributed by atoms with Gasteiger partial charge in [-0.2, -0.15) is 24.3 Å². The molecule has 22 heavy (non-hydrogen) atoms. The molecule has 0 amide bonds. The Kier molecular flexibility index (Phi) is 8.01. The molecule has 1 aromatic heterocycles. The van der Waals surface area contributed by atoms with E-state index in [0.29, 0.717) is 0 Å². The van der Waals surface area contributed by atoms with Crippen molar-refractivity contribution >= 4 is 37.1 Å². The topological polar surface area (TPSA) is 12.9 Å². The first-order valence-electron chi connectivity index (χ1n) is 6.63. The first-order chi connectivity index (χ1) is 10.8. The van der Waals surface area contributed by atoms with Crippen LogP contribution in [0.15, 0.2) is 84.8 Å². The van der Waals surface area contributed by atoms with E-state index in [2.05, 4.69) is 46.9 Å². The van der Waals surface area contributed by atoms with Crippen LogP contribution in [-0.2, 0) is 17.0 Å². The molecule has 5 heteroatoms. The van der Waals surface area contributed by atoms with E-state index in [0.717, 1.165) is 0 Å². The van der Waals surface area contributed by atoms with Gasteiger partial charge in [-0.25, -0.2) is 16.9 Å². The minimum absolute atomic E-state index is 0.398. The predicted octanol–water partition coefficient (Wildman–Crippen LogP) is 6.71. The van der Waals surface area contributed by atoms with Gasteiger partial charge in [-0.3, -0.25) is 0 Å². The fourth-order valence-corrected chi connectivity index (χ4v) is 3.39. The molecule has 0 aliphatic heterocycles. The molecule has 1 heterocycles. The minimum atomic E-state index is -0.556. The van der Waals surface area contributed by atoms with E-state index in [9.17, 15) is 0 Å². The van der Waals surface area contributed by atoms with Crippen molar-refractivity contribution in [3.05, 3.63) is 84.8 Å². The monoisotopic (exact) mass is 381 g/mol. The van der Waals surface area contributed by atoms with Crippen molar-refractivity contribution < 1.29 is 17.0 Å². The van der Waals surface area contributed by atoms with Crippen molar-refractivity contribution in [1.29, 1.82) is 0 Å². The smallest absolute Gasteiger partial charge is 0.0316 e. The third kappa shape index (κ3) is 5.43. The molecule has 3 aromatic carbocycles. The van der Waals surface area contributed by atoms with Gasteiger partial charge in [0.2, 0.25) is 0 Å². The second-order valence-electron chi connectivity index (χ2n) is 4.33. The number of rotatable bonds is 1. The molecule has 1 unspecified atom stereocenters. The van der Waals surface area contributed by atoms with Crippen molar-refractivity contribution in [3.63, 3.8) is 0 Å². The fraction of sp³-hybridized carbons (Fsp3) is 0. The zero-order valence-electron chi connectivity index (χ0n) is 11.7. The van der Waals surface area contributed by atoms with Gasteiger partial charge in [0, 0.05) is 6.20 Å². The molecule has 4 aromatic rings. The summed E-state index contributed by atoms with van der Waals surface area (Å²) >= 11 is -0.556. The van der Waals surface area contributed by atoms with Crippen LogP contribution in [0.3, 0.4) is 0 Å². The van der Waals surface area contributed by atoms with E-state index >= 15 is 0 Å². The van der Waals surface area contributed by atoms with Crippen molar-refractivity contribution in [2.24, 2.45) is 0 Å². The minimum Gasteiger partial charge on any atom is -0.243 e. The number of aromatic nitrogens is 1. The molecule has 0 radical (unpaired) electrons. The first kappa shape index (κ1) is 17.5. The molecule has 0 N–H and O–H groups in total. The number of hydrogen-bond donors (Lipinski definition) is 0. The van der Waals surface area contributed by atoms with Crippen LogP contribution in [0.2, 0.25) is 0 Å². The zero-order chi connectivity index (χ0) is 15.6. The van der Waals surface area contributed by atoms with Crippen LogP contribution in [0.5, 0.6) is 0 Å². The van der Waals surface area contributed by atoms with Gasteiger partial charge in [0.15, 0.2) is 0 Å². The number of fused-ring (bicyclic) bond motifs is 1. The Labute approximate surface area is 148 Å². The molecular weight excluding hydrogens is 368 g/mol. The van der Waals surface area contributed by atoms with Crippen LogP contribution < -0.4 is 0 Å². The molecule has 0 bridgehead atoms. The molecule has 0 spiro atoms. The number of benzene rings is 1. The summed E-state index contributed by atoms with van der Waals surface area (Å²) in [5.41, 5.74) is 0. The molecule has 1 atom stereocenters. The summed E-state index contributed by atoms with van der Waals surface area (Å²) in [6, 6.07) is 25.0. The Morgan fingerprint density at radius 2 is 1.73 bits per heavy atom. The van der Waals surface area contributed by atoms with E-state index in [-0.39, 0.29) is 0 Å². The summed E-state index contributed by atoms with van der Waals surface area (Å²) in [5.74, 6) is 2.18. The van der Waals surface area contributed by atoms with Crippen LogP contribution in [0, 0.1) is 0 Å². The molecule has 0 fully saturated rings. The molecule has 112 valence electrons. The molecule has 4 rings (SSSR count). The maximum atomic E-state index is 4.89. The SMILES string of the molecule is [Cl][Ti][Cl].c1cc[cH-]c1.c1ccc2[cH-]c(-p3cccn3)cc2c1. The molecule has 0 saturated heterocycles. The van der Waals surface area contributed by atoms with Crippen LogP contribution in [0.25, 0.3) is 16.1 Å². The number of halogens is 2. The van der Waals surface area contributed by atoms with Crippen molar-refractivity contribution in [2.45, 2.75) is 0 Å². The average molecular weight is 382 g/mol. The molecular formula is C17H14Cl2NPTi-2. The van der Waals surface area contributed by atoms with Crippen molar-refractivity contribution in [1.82, 2.24) is 4.75 Å². The van der Waals surface area contributed by atoms with Gasteiger partial charge in [0.1, 0.15) is 0 Å². The van der Waals surface area contributed by atoms with Gasteiger partial charge >= 0.3 is 35.6 Å². The zero-order valence-corrected chi connectivity index (χ0v) is 15.7. The van der Waals surface area contributed by atoms with Crippen LogP contribution in [-0.4, -0.2) is 4.75 Å². The molecule has 0 aliphatic rings. The quantitative estimate of drug-likeness (QED) is 0.263. The summed E-state index contributed by atoms with van der Waals surface area (Å²) < 4.78 is 4.43. The summed E-state index contributed by atoms with van der Waals surface area (Å²) in [7, 11) is 9.38.